The summed E-state index contributed by atoms with van der Waals surface area (Å²) in [5.74, 6) is -8.23. The number of aliphatic hydroxyl groups is 8. The van der Waals surface area contributed by atoms with Gasteiger partial charge in [-0.15, -0.1) is 0 Å². The van der Waals surface area contributed by atoms with E-state index in [9.17, 15) is 79.5 Å². The van der Waals surface area contributed by atoms with Crippen LogP contribution in [-0.4, -0.2) is 196 Å². The van der Waals surface area contributed by atoms with E-state index in [1.807, 2.05) is 0 Å². The summed E-state index contributed by atoms with van der Waals surface area (Å²) in [4.78, 5) is 97.8. The molecule has 406 valence electrons. The summed E-state index contributed by atoms with van der Waals surface area (Å²) in [5.41, 5.74) is 5.49. The minimum atomic E-state index is -2.28. The van der Waals surface area contributed by atoms with Crippen molar-refractivity contribution in [2.45, 2.75) is 158 Å². The molecule has 73 heavy (non-hydrogen) atoms. The zero-order chi connectivity index (χ0) is 54.3. The van der Waals surface area contributed by atoms with Gasteiger partial charge < -0.3 is 87.5 Å². The molecule has 2 fully saturated rings. The van der Waals surface area contributed by atoms with Gasteiger partial charge in [-0.25, -0.2) is 0 Å². The molecule has 0 saturated carbocycles. The number of likely N-dealkylation sites (tertiary alicyclic amines) is 2. The molecule has 2 aromatic rings. The Hall–Kier alpha value is -5.99. The number of unbranched alkanes of at least 4 members (excludes halogenated alkanes) is 5. The highest BCUT2D eigenvalue weighted by Gasteiger charge is 2.49. The van der Waals surface area contributed by atoms with E-state index in [0.29, 0.717) is 12.4 Å². The summed E-state index contributed by atoms with van der Waals surface area (Å²) in [5, 5.41) is 105. The quantitative estimate of drug-likeness (QED) is 0.0395. The van der Waals surface area contributed by atoms with Crippen molar-refractivity contribution in [1.29, 1.82) is 0 Å². The number of primary amides is 1. The molecule has 2 aliphatic rings. The number of aromatic hydroxyl groups is 1. The van der Waals surface area contributed by atoms with Gasteiger partial charge in [0.1, 0.15) is 60.0 Å². The van der Waals surface area contributed by atoms with Crippen molar-refractivity contribution in [3.63, 3.8) is 0 Å². The molecule has 2 aromatic carbocycles. The van der Waals surface area contributed by atoms with Gasteiger partial charge in [0, 0.05) is 37.4 Å². The molecule has 2 saturated heterocycles. The maximum atomic E-state index is 14.3. The lowest BCUT2D eigenvalue weighted by Gasteiger charge is -2.34. The van der Waals surface area contributed by atoms with Crippen molar-refractivity contribution in [3.05, 3.63) is 59.7 Å². The van der Waals surface area contributed by atoms with Crippen LogP contribution in [0.2, 0.25) is 0 Å². The van der Waals surface area contributed by atoms with Crippen molar-refractivity contribution >= 4 is 41.4 Å². The van der Waals surface area contributed by atoms with E-state index in [-0.39, 0.29) is 23.4 Å². The Kier molecular flexibility index (Phi) is 22.8. The molecule has 2 heterocycles. The lowest BCUT2D eigenvalue weighted by molar-refractivity contribution is -0.147. The first kappa shape index (κ1) is 59.6. The molecule has 0 radical (unpaired) electrons. The van der Waals surface area contributed by atoms with E-state index in [1.54, 1.807) is 12.1 Å². The number of ether oxygens (including phenoxy) is 1. The van der Waals surface area contributed by atoms with Crippen molar-refractivity contribution in [2.24, 2.45) is 11.7 Å². The number of rotatable bonds is 27. The summed E-state index contributed by atoms with van der Waals surface area (Å²) < 4.78 is 5.78. The number of carbonyl (C=O) groups excluding carboxylic acids is 7. The smallest absolute Gasteiger partial charge is 0.251 e. The van der Waals surface area contributed by atoms with Crippen LogP contribution in [-0.2, 0) is 28.8 Å². The van der Waals surface area contributed by atoms with E-state index in [4.69, 9.17) is 10.5 Å². The maximum absolute atomic E-state index is 14.3. The van der Waals surface area contributed by atoms with Crippen molar-refractivity contribution < 1.29 is 84.3 Å². The van der Waals surface area contributed by atoms with Crippen LogP contribution >= 0.6 is 0 Å². The van der Waals surface area contributed by atoms with Crippen LogP contribution in [0.5, 0.6) is 11.5 Å². The van der Waals surface area contributed by atoms with Crippen molar-refractivity contribution in [1.82, 2.24) is 31.1 Å². The Labute approximate surface area is 422 Å². The number of aliphatic hydroxyl groups excluding tert-OH is 8. The van der Waals surface area contributed by atoms with Gasteiger partial charge in [0.25, 0.3) is 5.91 Å². The third-order valence-corrected chi connectivity index (χ3v) is 13.0. The monoisotopic (exact) mass is 1030 g/mol. The number of nitrogens with two attached hydrogens (primary N) is 1. The SMILES string of the molecule is CCCCCCCCOc1ccc(C(=O)NC(CC(O)CO)C(=O)NC(C(=O)N2CC(O)CC2C(=O)NC(C(=O)NC(C(=O)N2CC(C)C(O)C2C(N)=O)C(C)O)C(O)C(O)c2ccc(O)cc2)C(C)O)cc1. The largest absolute Gasteiger partial charge is 0.508 e. The number of nitrogens with zero attached hydrogens (tertiary/aromatic N) is 2. The van der Waals surface area contributed by atoms with Gasteiger partial charge in [0.05, 0.1) is 43.7 Å². The van der Waals surface area contributed by atoms with Crippen LogP contribution in [0.3, 0.4) is 0 Å². The zero-order valence-corrected chi connectivity index (χ0v) is 41.4. The van der Waals surface area contributed by atoms with E-state index in [1.165, 1.54) is 37.6 Å². The Bertz CT molecular complexity index is 2170. The molecule has 14 atom stereocenters. The molecular formula is C49H73N7O17. The first-order valence-electron chi connectivity index (χ1n) is 24.5. The first-order valence-corrected chi connectivity index (χ1v) is 24.5. The molecular weight excluding hydrogens is 959 g/mol. The number of hydrogen-bond donors (Lipinski definition) is 14. The average Bonchev–Trinajstić information content (AvgIpc) is 3.90. The predicted octanol–water partition coefficient (Wildman–Crippen LogP) is -3.06. The van der Waals surface area contributed by atoms with Crippen molar-refractivity contribution in [3.8, 4) is 11.5 Å². The highest BCUT2D eigenvalue weighted by atomic mass is 16.5. The van der Waals surface area contributed by atoms with Crippen LogP contribution < -0.4 is 31.7 Å². The van der Waals surface area contributed by atoms with Gasteiger partial charge in [-0.1, -0.05) is 58.1 Å². The van der Waals surface area contributed by atoms with Crippen molar-refractivity contribution in [2.75, 3.05) is 26.3 Å². The number of carbonyl (C=O) groups is 7. The number of hydrogen-bond acceptors (Lipinski definition) is 17. The molecule has 4 rings (SSSR count). The summed E-state index contributed by atoms with van der Waals surface area (Å²) >= 11 is 0. The van der Waals surface area contributed by atoms with Crippen LogP contribution in [0.25, 0.3) is 0 Å². The molecule has 0 bridgehead atoms. The number of β-amino-alcohol motifs (C(OH)–C–C–N with tert-alkyl or cyclic N) is 1. The molecule has 2 aliphatic heterocycles. The summed E-state index contributed by atoms with van der Waals surface area (Å²) in [6.07, 6.45) is -6.72. The summed E-state index contributed by atoms with van der Waals surface area (Å²) in [7, 11) is 0. The normalized spacial score (nSPS) is 22.4. The molecule has 24 heteroatoms. The van der Waals surface area contributed by atoms with Gasteiger partial charge in [-0.05, 0) is 62.2 Å². The lowest BCUT2D eigenvalue weighted by atomic mass is 9.96. The highest BCUT2D eigenvalue weighted by molar-refractivity contribution is 6.00. The Balaban J connectivity index is 1.55. The highest BCUT2D eigenvalue weighted by Crippen LogP contribution is 2.27. The first-order chi connectivity index (χ1) is 34.5. The molecule has 15 N–H and O–H groups in total. The molecule has 0 aromatic heterocycles. The summed E-state index contributed by atoms with van der Waals surface area (Å²) in [6.45, 7) is 4.74. The fraction of sp³-hybridized carbons (Fsp3) is 0.612. The molecule has 24 nitrogen and oxygen atoms in total. The second-order valence-corrected chi connectivity index (χ2v) is 18.9. The third-order valence-electron chi connectivity index (χ3n) is 13.0. The van der Waals surface area contributed by atoms with Gasteiger partial charge in [0.15, 0.2) is 0 Å². The molecule has 7 amide bonds. The topological polar surface area (TPSA) is 391 Å². The standard InChI is InChI=1S/C49H73N7O17/c1-5-6-7-8-9-10-19-73-33-17-13-29(14-18-33)44(67)51-34(20-32(62)24-57)45(68)52-36(26(3)58)48(71)55-23-31(61)21-35(55)46(69)54-38(42(65)41(64)28-11-15-30(60)16-12-28)47(70)53-37(27(4)59)49(72)56-22-25(2)40(63)39(56)43(50)66/h11-18,25-27,31-32,34-42,57-65H,5-10,19-24H2,1-4H3,(H2,50,66)(H,51,67)(H,52,68)(H,53,70)(H,54,69). The minimum absolute atomic E-state index is 0.0731. The minimum Gasteiger partial charge on any atom is -0.508 e. The average molecular weight is 1030 g/mol. The van der Waals surface area contributed by atoms with Gasteiger partial charge in [-0.2, -0.15) is 0 Å². The fourth-order valence-electron chi connectivity index (χ4n) is 8.71. The predicted molar refractivity (Wildman–Crippen MR) is 258 cm³/mol. The zero-order valence-electron chi connectivity index (χ0n) is 41.4. The van der Waals surface area contributed by atoms with E-state index >= 15 is 0 Å². The number of phenols is 1. The maximum Gasteiger partial charge on any atom is 0.251 e. The number of phenolic OH excluding ortho intramolecular Hbond substituents is 1. The number of benzene rings is 2. The Morgan fingerprint density at radius 1 is 0.740 bits per heavy atom. The second-order valence-electron chi connectivity index (χ2n) is 18.9. The molecule has 14 unspecified atom stereocenters. The number of nitrogens with one attached hydrogen (secondary N) is 4. The molecule has 0 spiro atoms. The fourth-order valence-corrected chi connectivity index (χ4v) is 8.71. The summed E-state index contributed by atoms with van der Waals surface area (Å²) in [6, 6.07) is -0.206. The third kappa shape index (κ3) is 16.3. The van der Waals surface area contributed by atoms with Crippen LogP contribution in [0.1, 0.15) is 101 Å². The Morgan fingerprint density at radius 2 is 1.32 bits per heavy atom. The van der Waals surface area contributed by atoms with E-state index in [2.05, 4.69) is 28.2 Å². The molecule has 0 aliphatic carbocycles. The van der Waals surface area contributed by atoms with Crippen LogP contribution in [0.15, 0.2) is 48.5 Å². The van der Waals surface area contributed by atoms with E-state index < -0.39 is 152 Å². The lowest BCUT2D eigenvalue weighted by Crippen LogP contribution is -2.64. The second kappa shape index (κ2) is 27.9. The number of amides is 7. The van der Waals surface area contributed by atoms with E-state index in [0.717, 1.165) is 67.9 Å². The van der Waals surface area contributed by atoms with Crippen LogP contribution in [0, 0.1) is 5.92 Å². The van der Waals surface area contributed by atoms with Crippen LogP contribution in [0.4, 0.5) is 0 Å². The van der Waals surface area contributed by atoms with Gasteiger partial charge in [0.2, 0.25) is 35.4 Å². The van der Waals surface area contributed by atoms with Gasteiger partial charge in [-0.3, -0.25) is 33.6 Å². The Morgan fingerprint density at radius 3 is 1.89 bits per heavy atom. The van der Waals surface area contributed by atoms with Gasteiger partial charge >= 0.3 is 0 Å².